The number of benzene rings is 1. The third-order valence-electron chi connectivity index (χ3n) is 2.68. The predicted molar refractivity (Wildman–Crippen MR) is 73.0 cm³/mol. The van der Waals surface area contributed by atoms with Crippen molar-refractivity contribution in [2.24, 2.45) is 11.5 Å². The van der Waals surface area contributed by atoms with E-state index in [4.69, 9.17) is 11.5 Å². The van der Waals surface area contributed by atoms with Gasteiger partial charge in [-0.15, -0.1) is 0 Å². The van der Waals surface area contributed by atoms with Crippen LogP contribution in [0.25, 0.3) is 5.69 Å². The average molecular weight is 314 g/mol. The summed E-state index contributed by atoms with van der Waals surface area (Å²) in [6, 6.07) is 4.68. The van der Waals surface area contributed by atoms with Crippen LogP contribution in [0.15, 0.2) is 30.5 Å². The van der Waals surface area contributed by atoms with Gasteiger partial charge in [-0.05, 0) is 24.3 Å². The molecule has 0 unspecified atom stereocenters. The summed E-state index contributed by atoms with van der Waals surface area (Å²) in [4.78, 5) is 10.6. The Balaban J connectivity index is 2.56. The van der Waals surface area contributed by atoms with Gasteiger partial charge in [-0.3, -0.25) is 4.79 Å². The number of halogens is 3. The Labute approximate surface area is 122 Å². The van der Waals surface area contributed by atoms with Crippen molar-refractivity contribution < 1.29 is 18.0 Å². The second-order valence-corrected chi connectivity index (χ2v) is 4.54. The van der Waals surface area contributed by atoms with Crippen molar-refractivity contribution in [2.45, 2.75) is 6.18 Å². The van der Waals surface area contributed by atoms with Crippen molar-refractivity contribution in [1.29, 1.82) is 0 Å². The number of carbonyl (C=O) groups is 1. The largest absolute Gasteiger partial charge is 0.417 e. The van der Waals surface area contributed by atoms with Gasteiger partial charge in [0.2, 0.25) is 0 Å². The average Bonchev–Trinajstić information content (AvgIpc) is 2.86. The van der Waals surface area contributed by atoms with Gasteiger partial charge in [-0.2, -0.15) is 18.3 Å². The predicted octanol–water partition coefficient (Wildman–Crippen LogP) is 1.62. The number of nitrogens with two attached hydrogens (primary N) is 2. The zero-order valence-electron chi connectivity index (χ0n) is 10.4. The van der Waals surface area contributed by atoms with E-state index in [0.29, 0.717) is 0 Å². The second kappa shape index (κ2) is 5.17. The molecule has 2 rings (SSSR count). The minimum absolute atomic E-state index is 0.0537. The Kier molecular flexibility index (Phi) is 3.69. The normalized spacial score (nSPS) is 11.4. The lowest BCUT2D eigenvalue weighted by molar-refractivity contribution is -0.137. The highest BCUT2D eigenvalue weighted by Gasteiger charge is 2.34. The van der Waals surface area contributed by atoms with Crippen LogP contribution >= 0.6 is 12.2 Å². The van der Waals surface area contributed by atoms with Crippen molar-refractivity contribution in [3.8, 4) is 5.69 Å². The summed E-state index contributed by atoms with van der Waals surface area (Å²) in [6.07, 6.45) is -3.29. The minimum Gasteiger partial charge on any atom is -0.389 e. The number of hydrogen-bond donors (Lipinski definition) is 2. The first-order chi connectivity index (χ1) is 9.70. The molecule has 0 radical (unpaired) electrons. The van der Waals surface area contributed by atoms with Crippen molar-refractivity contribution in [3.05, 3.63) is 47.3 Å². The molecule has 1 amide bonds. The van der Waals surface area contributed by atoms with Gasteiger partial charge in [0, 0.05) is 11.8 Å². The number of rotatable bonds is 3. The topological polar surface area (TPSA) is 86.9 Å². The summed E-state index contributed by atoms with van der Waals surface area (Å²) >= 11 is 4.61. The van der Waals surface area contributed by atoms with E-state index < -0.39 is 17.6 Å². The van der Waals surface area contributed by atoms with E-state index in [1.165, 1.54) is 18.3 Å². The van der Waals surface area contributed by atoms with Crippen molar-refractivity contribution in [3.63, 3.8) is 0 Å². The van der Waals surface area contributed by atoms with Crippen LogP contribution in [0.5, 0.6) is 0 Å². The SMILES string of the molecule is NC(=O)c1ccn(-c2ccc(C(N)=S)c(C(F)(F)F)c2)n1. The molecule has 0 aliphatic heterocycles. The van der Waals surface area contributed by atoms with Crippen LogP contribution in [0.4, 0.5) is 13.2 Å². The highest BCUT2D eigenvalue weighted by atomic mass is 32.1. The van der Waals surface area contributed by atoms with E-state index in [-0.39, 0.29) is 21.9 Å². The lowest BCUT2D eigenvalue weighted by Gasteiger charge is -2.13. The van der Waals surface area contributed by atoms with Gasteiger partial charge < -0.3 is 11.5 Å². The standard InChI is InChI=1S/C12H9F3N4OS/c13-12(14,15)8-5-6(1-2-7(8)11(17)21)19-4-3-9(18-19)10(16)20/h1-5H,(H2,16,20)(H2,17,21). The third kappa shape index (κ3) is 3.02. The van der Waals surface area contributed by atoms with Gasteiger partial charge in [-0.25, -0.2) is 4.68 Å². The number of nitrogens with zero attached hydrogens (tertiary/aromatic N) is 2. The molecule has 0 spiro atoms. The van der Waals surface area contributed by atoms with Crippen LogP contribution < -0.4 is 11.5 Å². The Hall–Kier alpha value is -2.42. The quantitative estimate of drug-likeness (QED) is 0.843. The first-order valence-electron chi connectivity index (χ1n) is 5.57. The summed E-state index contributed by atoms with van der Waals surface area (Å²) < 4.78 is 40.2. The molecule has 4 N–H and O–H groups in total. The molecule has 110 valence electrons. The van der Waals surface area contributed by atoms with E-state index in [0.717, 1.165) is 16.8 Å². The van der Waals surface area contributed by atoms with Gasteiger partial charge in [0.15, 0.2) is 0 Å². The number of primary amides is 1. The molecule has 1 aromatic carbocycles. The fourth-order valence-corrected chi connectivity index (χ4v) is 1.90. The Bertz CT molecular complexity index is 724. The zero-order valence-corrected chi connectivity index (χ0v) is 11.2. The Morgan fingerprint density at radius 1 is 1.24 bits per heavy atom. The van der Waals surface area contributed by atoms with E-state index >= 15 is 0 Å². The monoisotopic (exact) mass is 314 g/mol. The van der Waals surface area contributed by atoms with Crippen LogP contribution in [0.1, 0.15) is 21.6 Å². The van der Waals surface area contributed by atoms with E-state index in [2.05, 4.69) is 17.3 Å². The van der Waals surface area contributed by atoms with E-state index in [1.54, 1.807) is 0 Å². The molecule has 1 heterocycles. The lowest BCUT2D eigenvalue weighted by atomic mass is 10.1. The van der Waals surface area contributed by atoms with Crippen LogP contribution in [-0.2, 0) is 6.18 Å². The van der Waals surface area contributed by atoms with Gasteiger partial charge in [0.25, 0.3) is 5.91 Å². The maximum Gasteiger partial charge on any atom is 0.417 e. The molecular formula is C12H9F3N4OS. The maximum absolute atomic E-state index is 13.0. The summed E-state index contributed by atoms with van der Waals surface area (Å²) in [5.41, 5.74) is 9.14. The molecule has 0 saturated carbocycles. The van der Waals surface area contributed by atoms with Gasteiger partial charge in [-0.1, -0.05) is 12.2 Å². The maximum atomic E-state index is 13.0. The van der Waals surface area contributed by atoms with Crippen LogP contribution in [0.3, 0.4) is 0 Å². The molecule has 2 aromatic rings. The summed E-state index contributed by atoms with van der Waals surface area (Å²) in [5.74, 6) is -0.774. The molecule has 9 heteroatoms. The molecule has 21 heavy (non-hydrogen) atoms. The van der Waals surface area contributed by atoms with Crippen molar-refractivity contribution in [2.75, 3.05) is 0 Å². The minimum atomic E-state index is -4.62. The Morgan fingerprint density at radius 2 is 1.90 bits per heavy atom. The summed E-state index contributed by atoms with van der Waals surface area (Å²) in [7, 11) is 0. The fraction of sp³-hybridized carbons (Fsp3) is 0.0833. The van der Waals surface area contributed by atoms with Gasteiger partial charge in [0.05, 0.1) is 11.3 Å². The second-order valence-electron chi connectivity index (χ2n) is 4.10. The van der Waals surface area contributed by atoms with Crippen LogP contribution in [0, 0.1) is 0 Å². The summed E-state index contributed by atoms with van der Waals surface area (Å²) in [5, 5.41) is 3.79. The molecule has 0 saturated heterocycles. The molecule has 1 aromatic heterocycles. The van der Waals surface area contributed by atoms with E-state index in [9.17, 15) is 18.0 Å². The molecular weight excluding hydrogens is 305 g/mol. The molecule has 5 nitrogen and oxygen atoms in total. The first-order valence-corrected chi connectivity index (χ1v) is 5.98. The number of hydrogen-bond acceptors (Lipinski definition) is 3. The van der Waals surface area contributed by atoms with Crippen molar-refractivity contribution in [1.82, 2.24) is 9.78 Å². The smallest absolute Gasteiger partial charge is 0.389 e. The lowest BCUT2D eigenvalue weighted by Crippen LogP contribution is -2.18. The third-order valence-corrected chi connectivity index (χ3v) is 2.90. The zero-order chi connectivity index (χ0) is 15.8. The number of thiocarbonyl (C=S) groups is 1. The van der Waals surface area contributed by atoms with Crippen LogP contribution in [0.2, 0.25) is 0 Å². The molecule has 0 aliphatic rings. The number of alkyl halides is 3. The molecule has 0 fully saturated rings. The van der Waals surface area contributed by atoms with Gasteiger partial charge >= 0.3 is 6.18 Å². The number of aromatic nitrogens is 2. The number of carbonyl (C=O) groups excluding carboxylic acids is 1. The Morgan fingerprint density at radius 3 is 2.38 bits per heavy atom. The van der Waals surface area contributed by atoms with Crippen molar-refractivity contribution >= 4 is 23.1 Å². The molecule has 0 aliphatic carbocycles. The molecule has 0 atom stereocenters. The number of amides is 1. The fourth-order valence-electron chi connectivity index (χ4n) is 1.72. The highest BCUT2D eigenvalue weighted by molar-refractivity contribution is 7.80. The van der Waals surface area contributed by atoms with Gasteiger partial charge in [0.1, 0.15) is 10.7 Å². The van der Waals surface area contributed by atoms with Crippen LogP contribution in [-0.4, -0.2) is 20.7 Å². The summed E-state index contributed by atoms with van der Waals surface area (Å²) in [6.45, 7) is 0. The molecule has 0 bridgehead atoms. The first kappa shape index (κ1) is 15.0. The van der Waals surface area contributed by atoms with E-state index in [1.807, 2.05) is 0 Å². The highest BCUT2D eigenvalue weighted by Crippen LogP contribution is 2.33.